The Balaban J connectivity index is 0.000000222. The number of anilines is 2. The van der Waals surface area contributed by atoms with E-state index >= 15 is 0 Å². The summed E-state index contributed by atoms with van der Waals surface area (Å²) in [5.74, 6) is -3.19. The molecule has 0 saturated heterocycles. The molecular formula is C77H84CaF2N10O14S2. The van der Waals surface area contributed by atoms with Crippen LogP contribution in [-0.4, -0.2) is 188 Å². The number of aliphatic hydroxyl groups excluding tert-OH is 4. The van der Waals surface area contributed by atoms with Crippen LogP contribution in [0.25, 0.3) is 79.2 Å². The van der Waals surface area contributed by atoms with Gasteiger partial charge < -0.3 is 54.5 Å². The van der Waals surface area contributed by atoms with Crippen LogP contribution in [0, 0.1) is 18.6 Å². The van der Waals surface area contributed by atoms with Crippen LogP contribution in [0.3, 0.4) is 0 Å². The van der Waals surface area contributed by atoms with E-state index in [9.17, 15) is 75.7 Å². The zero-order chi connectivity index (χ0) is 76.9. The number of carboxylic acid groups (broad SMARTS) is 3. The van der Waals surface area contributed by atoms with Gasteiger partial charge in [0.25, 0.3) is 0 Å². The van der Waals surface area contributed by atoms with Crippen LogP contribution < -0.4 is 18.8 Å². The number of aryl methyl sites for hydroxylation is 3. The smallest absolute Gasteiger partial charge is 0.550 e. The van der Waals surface area contributed by atoms with Crippen molar-refractivity contribution in [2.45, 2.75) is 123 Å². The number of carboxylic acids is 3. The molecule has 10 aromatic rings. The third-order valence-corrected chi connectivity index (χ3v) is 19.3. The molecule has 554 valence electrons. The summed E-state index contributed by atoms with van der Waals surface area (Å²) in [7, 11) is -2.61. The third-order valence-electron chi connectivity index (χ3n) is 17.0. The van der Waals surface area contributed by atoms with E-state index in [4.69, 9.17) is 9.97 Å². The molecule has 6 aromatic carbocycles. The fourth-order valence-electron chi connectivity index (χ4n) is 11.5. The SMILES string of the molecule is CC(C)c1nc(N(C)S(C)(=O)=O)nc(-c2ccc(F)cc2)c1/C=C/[C@@H](O)C[C@@H](O)CC(=O)[O-].CC(C)c1nc(N(C)S(C)(=O)=O)nc(-c2ccc(F)cc2)c1/C=C/[C@@H](O)C[C@@H](O)CC(=O)[O-].CCCc1nc2c(C)cc(-c3nc4ccccc4n3C)cc2n1Cc1ccc(-c2ccccc2C(=O)O)cc1.[Ca+2]. The van der Waals surface area contributed by atoms with Crippen molar-refractivity contribution in [3.05, 3.63) is 202 Å². The predicted octanol–water partition coefficient (Wildman–Crippen LogP) is 9.02. The summed E-state index contributed by atoms with van der Waals surface area (Å²) in [4.78, 5) is 60.6. The van der Waals surface area contributed by atoms with E-state index < -0.39 is 86.8 Å². The van der Waals surface area contributed by atoms with Gasteiger partial charge in [0, 0.05) is 99.5 Å². The van der Waals surface area contributed by atoms with Crippen molar-refractivity contribution in [3.8, 4) is 45.0 Å². The number of aliphatic hydroxyl groups is 4. The number of aromatic carboxylic acids is 1. The van der Waals surface area contributed by atoms with Gasteiger partial charge in [0.1, 0.15) is 23.3 Å². The number of sulfonamides is 2. The molecule has 10 rings (SSSR count). The van der Waals surface area contributed by atoms with Crippen LogP contribution in [0.4, 0.5) is 20.7 Å². The average molecular weight is 1520 g/mol. The van der Waals surface area contributed by atoms with Crippen molar-refractivity contribution < 1.29 is 75.7 Å². The second kappa shape index (κ2) is 36.9. The Morgan fingerprint density at radius 1 is 0.594 bits per heavy atom. The van der Waals surface area contributed by atoms with Gasteiger partial charge in [-0.1, -0.05) is 114 Å². The van der Waals surface area contributed by atoms with Gasteiger partial charge >= 0.3 is 43.7 Å². The summed E-state index contributed by atoms with van der Waals surface area (Å²) in [6.45, 7) is 12.4. The number of para-hydroxylation sites is 2. The Bertz CT molecular complexity index is 4900. The maximum absolute atomic E-state index is 13.5. The molecule has 4 atom stereocenters. The Hall–Kier alpha value is -9.23. The molecule has 0 saturated carbocycles. The molecular weight excluding hydrogens is 1430 g/mol. The summed E-state index contributed by atoms with van der Waals surface area (Å²) in [6, 6.07) is 38.8. The average Bonchev–Trinajstić information content (AvgIpc) is 1.53. The first-order chi connectivity index (χ1) is 49.5. The number of halogens is 2. The van der Waals surface area contributed by atoms with Gasteiger partial charge in [0.2, 0.25) is 31.9 Å². The van der Waals surface area contributed by atoms with E-state index in [0.717, 1.165) is 95.5 Å². The molecule has 5 N–H and O–H groups in total. The van der Waals surface area contributed by atoms with E-state index in [-0.39, 0.29) is 74.3 Å². The Kier molecular flexibility index (Phi) is 29.2. The van der Waals surface area contributed by atoms with Crippen molar-refractivity contribution in [2.24, 2.45) is 7.05 Å². The molecule has 0 aliphatic carbocycles. The zero-order valence-corrected chi connectivity index (χ0v) is 64.4. The minimum atomic E-state index is -3.66. The van der Waals surface area contributed by atoms with E-state index in [2.05, 4.69) is 80.3 Å². The van der Waals surface area contributed by atoms with Crippen molar-refractivity contribution in [3.63, 3.8) is 0 Å². The van der Waals surface area contributed by atoms with Crippen molar-refractivity contribution in [1.82, 2.24) is 39.0 Å². The Morgan fingerprint density at radius 3 is 1.48 bits per heavy atom. The minimum Gasteiger partial charge on any atom is -0.550 e. The zero-order valence-electron chi connectivity index (χ0n) is 60.6. The Labute approximate surface area is 644 Å². The number of hydrogen-bond acceptors (Lipinski definition) is 19. The number of imidazole rings is 2. The number of fused-ring (bicyclic) bond motifs is 2. The summed E-state index contributed by atoms with van der Waals surface area (Å²) < 4.78 is 81.6. The van der Waals surface area contributed by atoms with Gasteiger partial charge in [-0.25, -0.2) is 68.9 Å². The van der Waals surface area contributed by atoms with E-state index in [1.54, 1.807) is 12.1 Å². The van der Waals surface area contributed by atoms with Crippen LogP contribution >= 0.6 is 0 Å². The number of rotatable bonds is 27. The molecule has 0 aliphatic heterocycles. The fraction of sp³-hybridized carbons (Fsp3) is 0.312. The predicted molar refractivity (Wildman–Crippen MR) is 402 cm³/mol. The molecule has 0 fully saturated rings. The summed E-state index contributed by atoms with van der Waals surface area (Å²) in [5, 5.41) is 70.7. The van der Waals surface area contributed by atoms with E-state index in [1.807, 2.05) is 70.2 Å². The van der Waals surface area contributed by atoms with Gasteiger partial charge in [-0.2, -0.15) is 0 Å². The number of benzene rings is 6. The van der Waals surface area contributed by atoms with Gasteiger partial charge in [-0.15, -0.1) is 0 Å². The third kappa shape index (κ3) is 21.7. The molecule has 0 aliphatic rings. The molecule has 0 amide bonds. The molecule has 0 unspecified atom stereocenters. The van der Waals surface area contributed by atoms with Crippen molar-refractivity contribution in [2.75, 3.05) is 35.2 Å². The molecule has 4 aromatic heterocycles. The maximum Gasteiger partial charge on any atom is 2.00 e. The number of carbonyl (C=O) groups is 3. The fourth-order valence-corrected chi connectivity index (χ4v) is 12.3. The van der Waals surface area contributed by atoms with Gasteiger partial charge in [0.15, 0.2) is 0 Å². The normalized spacial score (nSPS) is 12.9. The molecule has 24 nitrogen and oxygen atoms in total. The second-order valence-electron chi connectivity index (χ2n) is 26.0. The van der Waals surface area contributed by atoms with Gasteiger partial charge in [0.05, 0.1) is 87.3 Å². The Morgan fingerprint density at radius 2 is 1.05 bits per heavy atom. The monoisotopic (exact) mass is 1510 g/mol. The summed E-state index contributed by atoms with van der Waals surface area (Å²) in [5.41, 5.74) is 13.0. The first-order valence-corrected chi connectivity index (χ1v) is 37.3. The number of carbonyl (C=O) groups excluding carboxylic acids is 2. The number of aliphatic carboxylic acids is 2. The summed E-state index contributed by atoms with van der Waals surface area (Å²) >= 11 is 0. The molecule has 29 heteroatoms. The first kappa shape index (κ1) is 84.0. The summed E-state index contributed by atoms with van der Waals surface area (Å²) in [6.07, 6.45) is 3.05. The van der Waals surface area contributed by atoms with Crippen molar-refractivity contribution >= 4 is 122 Å². The van der Waals surface area contributed by atoms with Crippen LogP contribution in [-0.2, 0) is 49.6 Å². The second-order valence-corrected chi connectivity index (χ2v) is 30.0. The van der Waals surface area contributed by atoms with Gasteiger partial charge in [-0.3, -0.25) is 0 Å². The van der Waals surface area contributed by atoms with E-state index in [1.165, 1.54) is 86.9 Å². The van der Waals surface area contributed by atoms with Crippen LogP contribution in [0.2, 0.25) is 0 Å². The molecule has 4 heterocycles. The molecule has 106 heavy (non-hydrogen) atoms. The van der Waals surface area contributed by atoms with Crippen LogP contribution in [0.5, 0.6) is 0 Å². The van der Waals surface area contributed by atoms with Gasteiger partial charge in [-0.05, 0) is 126 Å². The number of aromatic nitrogens is 8. The molecule has 0 radical (unpaired) electrons. The number of hydrogen-bond donors (Lipinski definition) is 5. The van der Waals surface area contributed by atoms with Crippen LogP contribution in [0.15, 0.2) is 146 Å². The minimum absolute atomic E-state index is 0. The molecule has 0 bridgehead atoms. The first-order valence-electron chi connectivity index (χ1n) is 33.6. The van der Waals surface area contributed by atoms with E-state index in [0.29, 0.717) is 57.1 Å². The maximum atomic E-state index is 13.5. The van der Waals surface area contributed by atoms with Crippen LogP contribution in [0.1, 0.15) is 128 Å². The standard InChI is InChI=1S/C33H30N4O2.2C22H28FN3O6S.Ca/c1-4-9-30-35-31-21(2)18-24(32-34-27-12-7-8-13-28(27)36(32)3)19-29(31)37(30)20-22-14-16-23(17-15-22)25-10-5-6-11-26(25)33(38)39;2*1-13(2)20-18(10-9-16(27)11-17(28)12-19(29)30)21(14-5-7-15(23)8-6-14)25-22(24-20)26(3)33(4,31)32;/h5-8,10-19H,4,9,20H2,1-3H3,(H,38,39);2*5-10,13,16-17,27-28H,11-12H2,1-4H3,(H,29,30);/q;;;+2/p-2/b;2*10-9+;/t;2*16-,17-;/m.11./s1. The quantitative estimate of drug-likeness (QED) is 0.0300. The largest absolute Gasteiger partial charge is 2.00 e. The topological polar surface area (TPSA) is 360 Å². The van der Waals surface area contributed by atoms with Crippen molar-refractivity contribution in [1.29, 1.82) is 0 Å². The molecule has 0 spiro atoms. The number of nitrogens with zero attached hydrogens (tertiary/aromatic N) is 10.